The SMILES string of the molecule is C=C(C)C[C@@H](NC(=O)Cc1ccc(F)c(F)c1)C(=O)O. The Morgan fingerprint density at radius 1 is 1.35 bits per heavy atom. The highest BCUT2D eigenvalue weighted by atomic mass is 19.2. The third-order valence-electron chi connectivity index (χ3n) is 2.53. The average molecular weight is 283 g/mol. The fourth-order valence-corrected chi connectivity index (χ4v) is 1.63. The summed E-state index contributed by atoms with van der Waals surface area (Å²) in [6.07, 6.45) is -0.115. The topological polar surface area (TPSA) is 66.4 Å². The smallest absolute Gasteiger partial charge is 0.326 e. The maximum atomic E-state index is 13.0. The van der Waals surface area contributed by atoms with Crippen LogP contribution in [-0.2, 0) is 16.0 Å². The third-order valence-corrected chi connectivity index (χ3v) is 2.53. The molecule has 0 aliphatic carbocycles. The zero-order chi connectivity index (χ0) is 15.3. The van der Waals surface area contributed by atoms with Crippen LogP contribution in [0.3, 0.4) is 0 Å². The highest BCUT2D eigenvalue weighted by Crippen LogP contribution is 2.10. The lowest BCUT2D eigenvalue weighted by Crippen LogP contribution is -2.41. The summed E-state index contributed by atoms with van der Waals surface area (Å²) in [6.45, 7) is 5.23. The highest BCUT2D eigenvalue weighted by Gasteiger charge is 2.20. The van der Waals surface area contributed by atoms with Gasteiger partial charge in [-0.15, -0.1) is 6.58 Å². The zero-order valence-corrected chi connectivity index (χ0v) is 11.0. The largest absolute Gasteiger partial charge is 0.480 e. The van der Waals surface area contributed by atoms with E-state index in [1.54, 1.807) is 6.92 Å². The lowest BCUT2D eigenvalue weighted by atomic mass is 10.1. The van der Waals surface area contributed by atoms with Crippen molar-refractivity contribution in [1.82, 2.24) is 5.32 Å². The molecule has 0 bridgehead atoms. The van der Waals surface area contributed by atoms with Crippen molar-refractivity contribution in [3.8, 4) is 0 Å². The zero-order valence-electron chi connectivity index (χ0n) is 11.0. The molecule has 0 heterocycles. The number of hydrogen-bond donors (Lipinski definition) is 2. The first kappa shape index (κ1) is 15.8. The summed E-state index contributed by atoms with van der Waals surface area (Å²) < 4.78 is 25.7. The molecule has 108 valence electrons. The van der Waals surface area contributed by atoms with E-state index < -0.39 is 29.6 Å². The van der Waals surface area contributed by atoms with E-state index in [1.807, 2.05) is 0 Å². The Hall–Kier alpha value is -2.24. The van der Waals surface area contributed by atoms with Gasteiger partial charge in [0.05, 0.1) is 6.42 Å². The Kier molecular flexibility index (Phi) is 5.37. The third kappa shape index (κ3) is 4.79. The first-order valence-corrected chi connectivity index (χ1v) is 5.90. The van der Waals surface area contributed by atoms with Gasteiger partial charge in [-0.1, -0.05) is 11.6 Å². The summed E-state index contributed by atoms with van der Waals surface area (Å²) in [4.78, 5) is 22.6. The number of carbonyl (C=O) groups excluding carboxylic acids is 1. The van der Waals surface area contributed by atoms with Crippen LogP contribution in [0, 0.1) is 11.6 Å². The van der Waals surface area contributed by atoms with Crippen LogP contribution in [0.25, 0.3) is 0 Å². The molecule has 0 aliphatic rings. The number of carboxylic acid groups (broad SMARTS) is 1. The summed E-state index contributed by atoms with van der Waals surface area (Å²) in [5.74, 6) is -3.80. The first-order valence-electron chi connectivity index (χ1n) is 5.90. The lowest BCUT2D eigenvalue weighted by molar-refractivity contribution is -0.141. The minimum atomic E-state index is -1.17. The Balaban J connectivity index is 2.67. The van der Waals surface area contributed by atoms with E-state index in [0.717, 1.165) is 12.1 Å². The van der Waals surface area contributed by atoms with E-state index in [9.17, 15) is 18.4 Å². The first-order chi connectivity index (χ1) is 9.29. The van der Waals surface area contributed by atoms with Gasteiger partial charge in [-0.25, -0.2) is 13.6 Å². The molecule has 20 heavy (non-hydrogen) atoms. The molecule has 4 nitrogen and oxygen atoms in total. The van der Waals surface area contributed by atoms with Gasteiger partial charge in [-0.05, 0) is 31.0 Å². The van der Waals surface area contributed by atoms with Gasteiger partial charge in [-0.3, -0.25) is 4.79 Å². The van der Waals surface area contributed by atoms with Crippen LogP contribution in [0.2, 0.25) is 0 Å². The molecule has 0 saturated carbocycles. The maximum Gasteiger partial charge on any atom is 0.326 e. The molecule has 1 atom stereocenters. The standard InChI is InChI=1S/C14H15F2NO3/c1-8(2)5-12(14(19)20)17-13(18)7-9-3-4-10(15)11(16)6-9/h3-4,6,12H,1,5,7H2,2H3,(H,17,18)(H,19,20)/t12-/m1/s1. The molecule has 0 spiro atoms. The molecule has 0 aromatic heterocycles. The summed E-state index contributed by atoms with van der Waals surface area (Å²) >= 11 is 0. The summed E-state index contributed by atoms with van der Waals surface area (Å²) in [7, 11) is 0. The number of rotatable bonds is 6. The lowest BCUT2D eigenvalue weighted by Gasteiger charge is -2.14. The Morgan fingerprint density at radius 3 is 2.50 bits per heavy atom. The molecular formula is C14H15F2NO3. The fourth-order valence-electron chi connectivity index (χ4n) is 1.63. The van der Waals surface area contributed by atoms with E-state index in [2.05, 4.69) is 11.9 Å². The Morgan fingerprint density at radius 2 is 2.00 bits per heavy atom. The van der Waals surface area contributed by atoms with Crippen molar-refractivity contribution in [3.63, 3.8) is 0 Å². The van der Waals surface area contributed by atoms with Gasteiger partial charge in [0.15, 0.2) is 11.6 Å². The number of carbonyl (C=O) groups is 2. The molecule has 0 radical (unpaired) electrons. The molecule has 2 N–H and O–H groups in total. The van der Waals surface area contributed by atoms with E-state index in [-0.39, 0.29) is 18.4 Å². The number of nitrogens with one attached hydrogen (secondary N) is 1. The van der Waals surface area contributed by atoms with Crippen LogP contribution < -0.4 is 5.32 Å². The van der Waals surface area contributed by atoms with Crippen LogP contribution in [0.4, 0.5) is 8.78 Å². The van der Waals surface area contributed by atoms with E-state index >= 15 is 0 Å². The van der Waals surface area contributed by atoms with Crippen LogP contribution in [0.15, 0.2) is 30.4 Å². The Bertz CT molecular complexity index is 543. The van der Waals surface area contributed by atoms with Gasteiger partial charge in [0, 0.05) is 0 Å². The van der Waals surface area contributed by atoms with Crippen LogP contribution >= 0.6 is 0 Å². The molecule has 0 fully saturated rings. The van der Waals surface area contributed by atoms with Gasteiger partial charge in [0.25, 0.3) is 0 Å². The second-order valence-electron chi connectivity index (χ2n) is 4.54. The molecule has 1 aromatic carbocycles. The normalized spacial score (nSPS) is 11.8. The van der Waals surface area contributed by atoms with Gasteiger partial charge in [-0.2, -0.15) is 0 Å². The van der Waals surface area contributed by atoms with Crippen molar-refractivity contribution < 1.29 is 23.5 Å². The summed E-state index contributed by atoms with van der Waals surface area (Å²) in [5.41, 5.74) is 0.881. The second-order valence-corrected chi connectivity index (χ2v) is 4.54. The Labute approximate surface area is 115 Å². The fraction of sp³-hybridized carbons (Fsp3) is 0.286. The van der Waals surface area contributed by atoms with Crippen LogP contribution in [-0.4, -0.2) is 23.0 Å². The monoisotopic (exact) mass is 283 g/mol. The molecular weight excluding hydrogens is 268 g/mol. The van der Waals surface area contributed by atoms with E-state index in [0.29, 0.717) is 5.57 Å². The molecule has 1 amide bonds. The summed E-state index contributed by atoms with van der Waals surface area (Å²) in [6, 6.07) is 2.02. The van der Waals surface area contributed by atoms with Crippen LogP contribution in [0.5, 0.6) is 0 Å². The van der Waals surface area contributed by atoms with Gasteiger partial charge >= 0.3 is 5.97 Å². The predicted octanol–water partition coefficient (Wildman–Crippen LogP) is 2.04. The molecule has 6 heteroatoms. The highest BCUT2D eigenvalue weighted by molar-refractivity contribution is 5.85. The predicted molar refractivity (Wildman–Crippen MR) is 69.1 cm³/mol. The number of aliphatic carboxylic acids is 1. The van der Waals surface area contributed by atoms with Gasteiger partial charge in [0.1, 0.15) is 6.04 Å². The molecule has 1 aromatic rings. The minimum absolute atomic E-state index is 0.110. The molecule has 0 saturated heterocycles. The second kappa shape index (κ2) is 6.79. The maximum absolute atomic E-state index is 13.0. The van der Waals surface area contributed by atoms with Crippen molar-refractivity contribution in [2.45, 2.75) is 25.8 Å². The average Bonchev–Trinajstić information content (AvgIpc) is 2.32. The number of benzene rings is 1. The van der Waals surface area contributed by atoms with E-state index in [1.165, 1.54) is 6.07 Å². The molecule has 0 aliphatic heterocycles. The number of carboxylic acids is 1. The van der Waals surface area contributed by atoms with Gasteiger partial charge < -0.3 is 10.4 Å². The molecule has 1 rings (SSSR count). The molecule has 0 unspecified atom stereocenters. The van der Waals surface area contributed by atoms with Crippen LogP contribution in [0.1, 0.15) is 18.9 Å². The number of hydrogen-bond acceptors (Lipinski definition) is 2. The van der Waals surface area contributed by atoms with Crippen molar-refractivity contribution in [2.24, 2.45) is 0 Å². The minimum Gasteiger partial charge on any atom is -0.480 e. The van der Waals surface area contributed by atoms with Crippen molar-refractivity contribution in [2.75, 3.05) is 0 Å². The van der Waals surface area contributed by atoms with Gasteiger partial charge in [0.2, 0.25) is 5.91 Å². The number of halogens is 2. The summed E-state index contributed by atoms with van der Waals surface area (Å²) in [5, 5.41) is 11.3. The van der Waals surface area contributed by atoms with Crippen molar-refractivity contribution in [3.05, 3.63) is 47.5 Å². The number of amides is 1. The van der Waals surface area contributed by atoms with E-state index in [4.69, 9.17) is 5.11 Å². The van der Waals surface area contributed by atoms with Crippen molar-refractivity contribution >= 4 is 11.9 Å². The van der Waals surface area contributed by atoms with Crippen molar-refractivity contribution in [1.29, 1.82) is 0 Å². The quantitative estimate of drug-likeness (QED) is 0.785.